The third kappa shape index (κ3) is 32.2. The van der Waals surface area contributed by atoms with Crippen LogP contribution in [0.2, 0.25) is 0 Å². The lowest BCUT2D eigenvalue weighted by atomic mass is 9.99. The lowest BCUT2D eigenvalue weighted by molar-refractivity contribution is -0.302. The summed E-state index contributed by atoms with van der Waals surface area (Å²) >= 11 is 0. The van der Waals surface area contributed by atoms with Gasteiger partial charge in [0.2, 0.25) is 5.91 Å². The average Bonchev–Trinajstić information content (AvgIpc) is 3.26. The van der Waals surface area contributed by atoms with E-state index in [0.29, 0.717) is 6.42 Å². The molecule has 0 spiro atoms. The average molecular weight is 860 g/mol. The van der Waals surface area contributed by atoms with Crippen LogP contribution in [-0.4, -0.2) is 87.5 Å². The Kier molecular flexibility index (Phi) is 39.1. The van der Waals surface area contributed by atoms with E-state index in [1.54, 1.807) is 6.08 Å². The Bertz CT molecular complexity index is 1140. The molecule has 7 atom stereocenters. The van der Waals surface area contributed by atoms with E-state index >= 15 is 0 Å². The monoisotopic (exact) mass is 860 g/mol. The molecule has 0 saturated carbocycles. The van der Waals surface area contributed by atoms with Crippen LogP contribution < -0.4 is 5.32 Å². The molecule has 0 bridgehead atoms. The van der Waals surface area contributed by atoms with Crippen molar-refractivity contribution in [1.82, 2.24) is 5.32 Å². The van der Waals surface area contributed by atoms with Crippen molar-refractivity contribution < 1.29 is 39.8 Å². The zero-order valence-corrected chi connectivity index (χ0v) is 38.9. The summed E-state index contributed by atoms with van der Waals surface area (Å²) < 4.78 is 11.2. The second-order valence-electron chi connectivity index (χ2n) is 17.2. The number of unbranched alkanes of at least 4 members (excludes halogenated alkanes) is 23. The van der Waals surface area contributed by atoms with Crippen molar-refractivity contribution >= 4 is 5.91 Å². The minimum atomic E-state index is -1.58. The van der Waals surface area contributed by atoms with Gasteiger partial charge in [0.05, 0.1) is 25.4 Å². The largest absolute Gasteiger partial charge is 0.394 e. The predicted molar refractivity (Wildman–Crippen MR) is 253 cm³/mol. The Morgan fingerprint density at radius 2 is 0.984 bits per heavy atom. The number of hydrogen-bond donors (Lipinski definition) is 6. The number of nitrogens with one attached hydrogen (secondary N) is 1. The van der Waals surface area contributed by atoms with Crippen LogP contribution in [0.3, 0.4) is 0 Å². The third-order valence-electron chi connectivity index (χ3n) is 11.6. The van der Waals surface area contributed by atoms with Gasteiger partial charge >= 0.3 is 0 Å². The van der Waals surface area contributed by atoms with E-state index < -0.39 is 49.5 Å². The van der Waals surface area contributed by atoms with Gasteiger partial charge in [-0.05, 0) is 70.6 Å². The molecule has 1 heterocycles. The molecule has 9 nitrogen and oxygen atoms in total. The van der Waals surface area contributed by atoms with Crippen molar-refractivity contribution in [3.05, 3.63) is 60.8 Å². The summed E-state index contributed by atoms with van der Waals surface area (Å²) in [5.74, 6) is -0.201. The predicted octanol–water partition coefficient (Wildman–Crippen LogP) is 11.2. The lowest BCUT2D eigenvalue weighted by Gasteiger charge is -2.40. The molecule has 1 aliphatic rings. The highest BCUT2D eigenvalue weighted by Gasteiger charge is 2.44. The van der Waals surface area contributed by atoms with Gasteiger partial charge in [-0.2, -0.15) is 0 Å². The number of allylic oxidation sites excluding steroid dienone is 9. The van der Waals surface area contributed by atoms with Crippen molar-refractivity contribution in [2.75, 3.05) is 13.2 Å². The Labute approximate surface area is 373 Å². The van der Waals surface area contributed by atoms with Gasteiger partial charge in [-0.25, -0.2) is 0 Å². The number of carbonyl (C=O) groups is 1. The van der Waals surface area contributed by atoms with E-state index in [1.165, 1.54) is 122 Å². The summed E-state index contributed by atoms with van der Waals surface area (Å²) in [5, 5.41) is 54.3. The van der Waals surface area contributed by atoms with Crippen molar-refractivity contribution in [2.24, 2.45) is 0 Å². The minimum absolute atomic E-state index is 0.201. The molecule has 9 heteroatoms. The molecule has 7 unspecified atom stereocenters. The molecule has 6 N–H and O–H groups in total. The van der Waals surface area contributed by atoms with Crippen molar-refractivity contribution in [2.45, 2.75) is 249 Å². The van der Waals surface area contributed by atoms with Gasteiger partial charge in [-0.15, -0.1) is 0 Å². The Morgan fingerprint density at radius 3 is 1.52 bits per heavy atom. The smallest absolute Gasteiger partial charge is 0.220 e. The van der Waals surface area contributed by atoms with Crippen molar-refractivity contribution in [3.8, 4) is 0 Å². The number of amides is 1. The number of ether oxygens (including phenoxy) is 2. The minimum Gasteiger partial charge on any atom is -0.394 e. The normalized spacial score (nSPS) is 20.9. The lowest BCUT2D eigenvalue weighted by Crippen LogP contribution is -2.60. The number of rotatable bonds is 41. The quantitative estimate of drug-likeness (QED) is 0.0263. The maximum Gasteiger partial charge on any atom is 0.220 e. The number of carbonyl (C=O) groups excluding carboxylic acids is 1. The number of hydrogen-bond acceptors (Lipinski definition) is 8. The SMILES string of the molecule is CCCCC/C=C\C/C=C\C/C=C\CCCCCCCCC(=O)NC(COC1OC(CO)C(O)C(O)C1O)C(O)/C=C/CC/C=C/CCCCCCCCCCCCCCC. The van der Waals surface area contributed by atoms with E-state index in [4.69, 9.17) is 9.47 Å². The summed E-state index contributed by atoms with van der Waals surface area (Å²) in [5.41, 5.74) is 0. The molecule has 0 aromatic carbocycles. The summed E-state index contributed by atoms with van der Waals surface area (Å²) in [4.78, 5) is 13.0. The van der Waals surface area contributed by atoms with E-state index in [-0.39, 0.29) is 12.5 Å². The number of aliphatic hydroxyl groups is 5. The van der Waals surface area contributed by atoms with E-state index in [9.17, 15) is 30.3 Å². The molecule has 1 amide bonds. The molecular weight excluding hydrogens is 767 g/mol. The van der Waals surface area contributed by atoms with Gasteiger partial charge in [0.1, 0.15) is 24.4 Å². The van der Waals surface area contributed by atoms with Crippen LogP contribution in [-0.2, 0) is 14.3 Å². The van der Waals surface area contributed by atoms with E-state index in [0.717, 1.165) is 64.2 Å². The van der Waals surface area contributed by atoms with Gasteiger partial charge in [0, 0.05) is 6.42 Å². The van der Waals surface area contributed by atoms with E-state index in [1.807, 2.05) is 6.08 Å². The summed E-state index contributed by atoms with van der Waals surface area (Å²) in [6.07, 6.45) is 48.3. The molecule has 1 rings (SSSR count). The first kappa shape index (κ1) is 56.9. The molecule has 0 radical (unpaired) electrons. The fraction of sp³-hybridized carbons (Fsp3) is 0.788. The summed E-state index contributed by atoms with van der Waals surface area (Å²) in [7, 11) is 0. The highest BCUT2D eigenvalue weighted by atomic mass is 16.7. The Balaban J connectivity index is 2.36. The molecule has 1 aliphatic heterocycles. The van der Waals surface area contributed by atoms with E-state index in [2.05, 4.69) is 67.8 Å². The molecule has 0 aromatic rings. The second kappa shape index (κ2) is 41.9. The summed E-state index contributed by atoms with van der Waals surface area (Å²) in [6.45, 7) is 3.72. The zero-order valence-electron chi connectivity index (χ0n) is 38.9. The van der Waals surface area contributed by atoms with Crippen LogP contribution in [0.1, 0.15) is 206 Å². The molecule has 354 valence electrons. The van der Waals surface area contributed by atoms with Crippen LogP contribution >= 0.6 is 0 Å². The fourth-order valence-electron chi connectivity index (χ4n) is 7.53. The maximum absolute atomic E-state index is 13.0. The zero-order chi connectivity index (χ0) is 44.4. The first-order chi connectivity index (χ1) is 29.8. The molecule has 61 heavy (non-hydrogen) atoms. The molecular formula is C52H93NO8. The second-order valence-corrected chi connectivity index (χ2v) is 17.2. The Hall–Kier alpha value is -2.11. The van der Waals surface area contributed by atoms with Crippen LogP contribution in [0.25, 0.3) is 0 Å². The third-order valence-corrected chi connectivity index (χ3v) is 11.6. The van der Waals surface area contributed by atoms with Gasteiger partial charge in [0.15, 0.2) is 6.29 Å². The van der Waals surface area contributed by atoms with Crippen LogP contribution in [0.15, 0.2) is 60.8 Å². The first-order valence-electron chi connectivity index (χ1n) is 25.0. The topological polar surface area (TPSA) is 149 Å². The molecule has 1 saturated heterocycles. The van der Waals surface area contributed by atoms with Crippen LogP contribution in [0, 0.1) is 0 Å². The van der Waals surface area contributed by atoms with Gasteiger partial charge < -0.3 is 40.3 Å². The van der Waals surface area contributed by atoms with Crippen molar-refractivity contribution in [1.29, 1.82) is 0 Å². The van der Waals surface area contributed by atoms with Gasteiger partial charge in [-0.3, -0.25) is 4.79 Å². The molecule has 0 aliphatic carbocycles. The Morgan fingerprint density at radius 1 is 0.557 bits per heavy atom. The number of aliphatic hydroxyl groups excluding tert-OH is 5. The standard InChI is InChI=1S/C52H93NO8/c1-3-5-7-9-11-13-15-17-19-21-23-25-27-29-31-33-35-37-39-41-46(55)45(44-60-52-51(59)50(58)49(57)47(43-54)61-52)53-48(56)42-40-38-36-34-32-30-28-26-24-22-20-18-16-14-12-10-8-6-4-2/h12,14,18,20,24,26,31,33,39,41,45-47,49-52,54-55,57-59H,3-11,13,15-17,19,21-23,25,27-30,32,34-38,40,42-44H2,1-2H3,(H,53,56)/b14-12-,20-18-,26-24-,33-31+,41-39+. The first-order valence-corrected chi connectivity index (χ1v) is 25.0. The van der Waals surface area contributed by atoms with Gasteiger partial charge in [-0.1, -0.05) is 190 Å². The summed E-state index contributed by atoms with van der Waals surface area (Å²) in [6, 6.07) is -0.831. The molecule has 1 fully saturated rings. The maximum atomic E-state index is 13.0. The van der Waals surface area contributed by atoms with Crippen LogP contribution in [0.4, 0.5) is 0 Å². The highest BCUT2D eigenvalue weighted by Crippen LogP contribution is 2.22. The highest BCUT2D eigenvalue weighted by molar-refractivity contribution is 5.76. The molecule has 0 aromatic heterocycles. The van der Waals surface area contributed by atoms with Crippen LogP contribution in [0.5, 0.6) is 0 Å². The van der Waals surface area contributed by atoms with Crippen molar-refractivity contribution in [3.63, 3.8) is 0 Å². The van der Waals surface area contributed by atoms with Gasteiger partial charge in [0.25, 0.3) is 0 Å². The fourth-order valence-corrected chi connectivity index (χ4v) is 7.53.